The first-order chi connectivity index (χ1) is 6.77. The Hall–Kier alpha value is -0.810. The van der Waals surface area contributed by atoms with Gasteiger partial charge in [-0.05, 0) is 6.92 Å². The van der Waals surface area contributed by atoms with Gasteiger partial charge < -0.3 is 19.5 Å². The predicted molar refractivity (Wildman–Crippen MR) is 50.0 cm³/mol. The second kappa shape index (κ2) is 5.82. The number of hydrogen-bond donors (Lipinski definition) is 1. The fourth-order valence-electron chi connectivity index (χ4n) is 1.35. The summed E-state index contributed by atoms with van der Waals surface area (Å²) < 4.78 is 9.97. The Morgan fingerprint density at radius 3 is 2.86 bits per heavy atom. The Labute approximate surface area is 83.6 Å². The summed E-state index contributed by atoms with van der Waals surface area (Å²) in [5, 5.41) is 8.47. The molecule has 1 rings (SSSR count). The van der Waals surface area contributed by atoms with Crippen molar-refractivity contribution in [1.82, 2.24) is 4.90 Å². The average Bonchev–Trinajstić information content (AvgIpc) is 2.09. The van der Waals surface area contributed by atoms with Crippen LogP contribution in [0.25, 0.3) is 0 Å². The first-order valence-electron chi connectivity index (χ1n) is 4.88. The largest absolute Gasteiger partial charge is 0.450 e. The Kier molecular flexibility index (Phi) is 4.69. The van der Waals surface area contributed by atoms with Crippen LogP contribution in [0.3, 0.4) is 0 Å². The second-order valence-corrected chi connectivity index (χ2v) is 3.27. The Morgan fingerprint density at radius 2 is 2.29 bits per heavy atom. The van der Waals surface area contributed by atoms with Crippen molar-refractivity contribution in [2.24, 2.45) is 5.92 Å². The second-order valence-electron chi connectivity index (χ2n) is 3.27. The maximum Gasteiger partial charge on any atom is 0.409 e. The van der Waals surface area contributed by atoms with Crippen LogP contribution in [0, 0.1) is 5.92 Å². The molecule has 14 heavy (non-hydrogen) atoms. The van der Waals surface area contributed by atoms with E-state index in [0.717, 1.165) is 0 Å². The minimum atomic E-state index is -0.245. The number of ether oxygens (including phenoxy) is 2. The van der Waals surface area contributed by atoms with E-state index in [1.54, 1.807) is 11.8 Å². The van der Waals surface area contributed by atoms with E-state index in [2.05, 4.69) is 0 Å². The Morgan fingerprint density at radius 1 is 1.57 bits per heavy atom. The molecule has 0 aromatic carbocycles. The lowest BCUT2D eigenvalue weighted by molar-refractivity contribution is 0.00188. The van der Waals surface area contributed by atoms with Crippen molar-refractivity contribution in [2.75, 3.05) is 39.5 Å². The fraction of sp³-hybridized carbons (Fsp3) is 0.889. The van der Waals surface area contributed by atoms with Crippen LogP contribution in [0.5, 0.6) is 0 Å². The lowest BCUT2D eigenvalue weighted by atomic mass is 10.0. The SMILES string of the molecule is CCOC(=O)N1CC(COCCO)C1. The lowest BCUT2D eigenvalue weighted by Crippen LogP contribution is -2.51. The van der Waals surface area contributed by atoms with E-state index in [0.29, 0.717) is 38.8 Å². The number of nitrogens with zero attached hydrogens (tertiary/aromatic N) is 1. The first kappa shape index (κ1) is 11.3. The van der Waals surface area contributed by atoms with Crippen LogP contribution in [0.2, 0.25) is 0 Å². The summed E-state index contributed by atoms with van der Waals surface area (Å²) >= 11 is 0. The average molecular weight is 203 g/mol. The number of hydrogen-bond acceptors (Lipinski definition) is 4. The number of rotatable bonds is 5. The number of aliphatic hydroxyl groups is 1. The topological polar surface area (TPSA) is 59.0 Å². The van der Waals surface area contributed by atoms with E-state index in [-0.39, 0.29) is 12.7 Å². The molecule has 0 atom stereocenters. The normalized spacial score (nSPS) is 16.6. The van der Waals surface area contributed by atoms with Gasteiger partial charge in [-0.15, -0.1) is 0 Å². The van der Waals surface area contributed by atoms with E-state index in [9.17, 15) is 4.79 Å². The zero-order valence-corrected chi connectivity index (χ0v) is 8.44. The molecular weight excluding hydrogens is 186 g/mol. The number of aliphatic hydroxyl groups excluding tert-OH is 1. The van der Waals surface area contributed by atoms with Crippen molar-refractivity contribution in [2.45, 2.75) is 6.92 Å². The van der Waals surface area contributed by atoms with E-state index in [4.69, 9.17) is 14.6 Å². The molecule has 1 saturated heterocycles. The molecule has 0 aromatic rings. The van der Waals surface area contributed by atoms with Gasteiger partial charge in [-0.2, -0.15) is 0 Å². The summed E-state index contributed by atoms with van der Waals surface area (Å²) in [6.07, 6.45) is -0.245. The molecule has 0 spiro atoms. The molecule has 0 unspecified atom stereocenters. The molecule has 0 saturated carbocycles. The summed E-state index contributed by atoms with van der Waals surface area (Å²) in [5.74, 6) is 0.394. The summed E-state index contributed by atoms with van der Waals surface area (Å²) in [7, 11) is 0. The van der Waals surface area contributed by atoms with Gasteiger partial charge in [0.2, 0.25) is 0 Å². The molecule has 1 heterocycles. The fourth-order valence-corrected chi connectivity index (χ4v) is 1.35. The highest BCUT2D eigenvalue weighted by Gasteiger charge is 2.31. The molecule has 0 radical (unpaired) electrons. The maximum absolute atomic E-state index is 11.1. The molecule has 1 aliphatic rings. The predicted octanol–water partition coefficient (Wildman–Crippen LogP) is 0.0836. The van der Waals surface area contributed by atoms with Crippen molar-refractivity contribution in [3.8, 4) is 0 Å². The molecule has 1 N–H and O–H groups in total. The highest BCUT2D eigenvalue weighted by Crippen LogP contribution is 2.16. The van der Waals surface area contributed by atoms with Crippen LogP contribution >= 0.6 is 0 Å². The quantitative estimate of drug-likeness (QED) is 0.643. The molecule has 1 amide bonds. The molecule has 82 valence electrons. The van der Waals surface area contributed by atoms with E-state index >= 15 is 0 Å². The summed E-state index contributed by atoms with van der Waals surface area (Å²) in [5.41, 5.74) is 0. The van der Waals surface area contributed by atoms with E-state index in [1.165, 1.54) is 0 Å². The van der Waals surface area contributed by atoms with E-state index in [1.807, 2.05) is 0 Å². The number of carbonyl (C=O) groups excluding carboxylic acids is 1. The van der Waals surface area contributed by atoms with Crippen LogP contribution in [0.4, 0.5) is 4.79 Å². The Balaban J connectivity index is 2.02. The third kappa shape index (κ3) is 3.16. The number of amides is 1. The minimum Gasteiger partial charge on any atom is -0.450 e. The molecule has 5 heteroatoms. The third-order valence-corrected chi connectivity index (χ3v) is 2.07. The molecule has 0 aromatic heterocycles. The highest BCUT2D eigenvalue weighted by molar-refractivity contribution is 5.68. The van der Waals surface area contributed by atoms with Crippen molar-refractivity contribution >= 4 is 6.09 Å². The van der Waals surface area contributed by atoms with E-state index < -0.39 is 0 Å². The molecule has 1 fully saturated rings. The molecular formula is C9H17NO4. The van der Waals surface area contributed by atoms with Crippen LogP contribution in [0.15, 0.2) is 0 Å². The van der Waals surface area contributed by atoms with Gasteiger partial charge in [0, 0.05) is 19.0 Å². The smallest absolute Gasteiger partial charge is 0.409 e. The van der Waals surface area contributed by atoms with Crippen molar-refractivity contribution in [3.63, 3.8) is 0 Å². The lowest BCUT2D eigenvalue weighted by Gasteiger charge is -2.37. The van der Waals surface area contributed by atoms with Crippen molar-refractivity contribution in [1.29, 1.82) is 0 Å². The first-order valence-corrected chi connectivity index (χ1v) is 4.88. The number of carbonyl (C=O) groups is 1. The molecule has 1 aliphatic heterocycles. The summed E-state index contributed by atoms with van der Waals surface area (Å²) in [4.78, 5) is 12.8. The van der Waals surface area contributed by atoms with Gasteiger partial charge in [-0.3, -0.25) is 0 Å². The van der Waals surface area contributed by atoms with Gasteiger partial charge in [0.05, 0.1) is 26.4 Å². The van der Waals surface area contributed by atoms with Gasteiger partial charge in [0.25, 0.3) is 0 Å². The monoisotopic (exact) mass is 203 g/mol. The highest BCUT2D eigenvalue weighted by atomic mass is 16.6. The molecule has 0 bridgehead atoms. The molecule has 5 nitrogen and oxygen atoms in total. The standard InChI is InChI=1S/C9H17NO4/c1-2-14-9(12)10-5-8(6-10)7-13-4-3-11/h8,11H,2-7H2,1H3. The molecule has 0 aliphatic carbocycles. The summed E-state index contributed by atoms with van der Waals surface area (Å²) in [6.45, 7) is 4.63. The van der Waals surface area contributed by atoms with Crippen molar-refractivity contribution in [3.05, 3.63) is 0 Å². The zero-order valence-electron chi connectivity index (χ0n) is 8.44. The maximum atomic E-state index is 11.1. The Bertz CT molecular complexity index is 180. The van der Waals surface area contributed by atoms with Gasteiger partial charge in [0.15, 0.2) is 0 Å². The van der Waals surface area contributed by atoms with Crippen molar-refractivity contribution < 1.29 is 19.4 Å². The zero-order chi connectivity index (χ0) is 10.4. The van der Waals surface area contributed by atoms with Crippen LogP contribution in [-0.2, 0) is 9.47 Å². The van der Waals surface area contributed by atoms with Crippen LogP contribution < -0.4 is 0 Å². The van der Waals surface area contributed by atoms with Crippen LogP contribution in [-0.4, -0.2) is 55.6 Å². The van der Waals surface area contributed by atoms with Crippen LogP contribution in [0.1, 0.15) is 6.92 Å². The van der Waals surface area contributed by atoms with Gasteiger partial charge in [-0.25, -0.2) is 4.79 Å². The minimum absolute atomic E-state index is 0.0499. The summed E-state index contributed by atoms with van der Waals surface area (Å²) in [6, 6.07) is 0. The van der Waals surface area contributed by atoms with Gasteiger partial charge >= 0.3 is 6.09 Å². The third-order valence-electron chi connectivity index (χ3n) is 2.07. The van der Waals surface area contributed by atoms with Gasteiger partial charge in [-0.1, -0.05) is 0 Å². The number of likely N-dealkylation sites (tertiary alicyclic amines) is 1. The van der Waals surface area contributed by atoms with Gasteiger partial charge in [0.1, 0.15) is 0 Å².